The lowest BCUT2D eigenvalue weighted by molar-refractivity contribution is -0.384. The van der Waals surface area contributed by atoms with E-state index in [2.05, 4.69) is 6.92 Å². The van der Waals surface area contributed by atoms with Gasteiger partial charge in [0.15, 0.2) is 0 Å². The second-order valence-corrected chi connectivity index (χ2v) is 6.17. The average molecular weight is 362 g/mol. The second kappa shape index (κ2) is 9.18. The van der Waals surface area contributed by atoms with Gasteiger partial charge in [0.25, 0.3) is 5.69 Å². The maximum absolute atomic E-state index is 12.2. The molecule has 0 heterocycles. The Morgan fingerprint density at radius 1 is 1.12 bits per heavy atom. The minimum atomic E-state index is -0.618. The minimum Gasteiger partial charge on any atom is -0.423 e. The Bertz CT molecular complexity index is 744. The summed E-state index contributed by atoms with van der Waals surface area (Å²) in [5, 5.41) is 10.9. The molecule has 0 atom stereocenters. The van der Waals surface area contributed by atoms with Gasteiger partial charge in [0.1, 0.15) is 10.8 Å². The lowest BCUT2D eigenvalue weighted by Gasteiger charge is -2.06. The molecule has 6 heteroatoms. The van der Waals surface area contributed by atoms with Gasteiger partial charge in [-0.15, -0.1) is 0 Å². The third-order valence-electron chi connectivity index (χ3n) is 3.83. The van der Waals surface area contributed by atoms with E-state index in [1.807, 2.05) is 12.1 Å². The number of esters is 1. The highest BCUT2D eigenvalue weighted by Crippen LogP contribution is 2.29. The predicted molar refractivity (Wildman–Crippen MR) is 97.4 cm³/mol. The average Bonchev–Trinajstić information content (AvgIpc) is 2.60. The van der Waals surface area contributed by atoms with Crippen molar-refractivity contribution in [1.29, 1.82) is 0 Å². The number of halogens is 1. The maximum atomic E-state index is 12.2. The minimum absolute atomic E-state index is 0.00257. The van der Waals surface area contributed by atoms with Gasteiger partial charge in [-0.05, 0) is 42.7 Å². The van der Waals surface area contributed by atoms with E-state index in [-0.39, 0.29) is 16.5 Å². The van der Waals surface area contributed by atoms with Crippen molar-refractivity contribution in [3.8, 4) is 5.75 Å². The van der Waals surface area contributed by atoms with Gasteiger partial charge in [-0.25, -0.2) is 4.79 Å². The molecule has 0 amide bonds. The van der Waals surface area contributed by atoms with Crippen LogP contribution in [0.3, 0.4) is 0 Å². The summed E-state index contributed by atoms with van der Waals surface area (Å²) >= 11 is 5.74. The fraction of sp³-hybridized carbons (Fsp3) is 0.316. The zero-order valence-electron chi connectivity index (χ0n) is 14.0. The fourth-order valence-electron chi connectivity index (χ4n) is 2.43. The van der Waals surface area contributed by atoms with Crippen LogP contribution in [0.25, 0.3) is 0 Å². The van der Waals surface area contributed by atoms with Gasteiger partial charge < -0.3 is 4.74 Å². The Morgan fingerprint density at radius 3 is 2.48 bits per heavy atom. The predicted octanol–water partition coefficient (Wildman–Crippen LogP) is 5.59. The van der Waals surface area contributed by atoms with E-state index in [4.69, 9.17) is 16.3 Å². The molecule has 0 radical (unpaired) electrons. The van der Waals surface area contributed by atoms with Gasteiger partial charge >= 0.3 is 5.97 Å². The molecule has 2 aromatic rings. The molecular weight excluding hydrogens is 342 g/mol. The molecule has 0 bridgehead atoms. The number of hydrogen-bond donors (Lipinski definition) is 0. The number of nitro groups is 1. The zero-order chi connectivity index (χ0) is 18.2. The summed E-state index contributed by atoms with van der Waals surface area (Å²) in [6.07, 6.45) is 5.76. The molecule has 132 valence electrons. The molecule has 0 fully saturated rings. The quantitative estimate of drug-likeness (QED) is 0.202. The van der Waals surface area contributed by atoms with Crippen molar-refractivity contribution in [1.82, 2.24) is 0 Å². The molecular formula is C19H20ClNO4. The number of unbranched alkanes of at least 4 members (excludes halogenated alkanes) is 3. The van der Waals surface area contributed by atoms with Crippen LogP contribution in [0.4, 0.5) is 5.69 Å². The molecule has 25 heavy (non-hydrogen) atoms. The number of hydrogen-bond acceptors (Lipinski definition) is 4. The largest absolute Gasteiger partial charge is 0.423 e. The first-order chi connectivity index (χ1) is 12.0. The highest BCUT2D eigenvalue weighted by atomic mass is 35.5. The monoisotopic (exact) mass is 361 g/mol. The Hall–Kier alpha value is -2.40. The number of carbonyl (C=O) groups is 1. The van der Waals surface area contributed by atoms with E-state index in [9.17, 15) is 14.9 Å². The van der Waals surface area contributed by atoms with Crippen LogP contribution < -0.4 is 4.74 Å². The molecule has 0 saturated carbocycles. The van der Waals surface area contributed by atoms with Crippen LogP contribution in [-0.2, 0) is 6.42 Å². The third-order valence-corrected chi connectivity index (χ3v) is 4.15. The van der Waals surface area contributed by atoms with Gasteiger partial charge in [-0.2, -0.15) is 0 Å². The van der Waals surface area contributed by atoms with Crippen molar-refractivity contribution in [3.05, 3.63) is 68.7 Å². The fourth-order valence-corrected chi connectivity index (χ4v) is 2.61. The molecule has 0 unspecified atom stereocenters. The molecule has 2 rings (SSSR count). The lowest BCUT2D eigenvalue weighted by Crippen LogP contribution is -2.08. The Kier molecular flexibility index (Phi) is 6.95. The van der Waals surface area contributed by atoms with Gasteiger partial charge in [0.05, 0.1) is 16.6 Å². The summed E-state index contributed by atoms with van der Waals surface area (Å²) in [5.74, 6) is -0.473. The first-order valence-electron chi connectivity index (χ1n) is 8.26. The van der Waals surface area contributed by atoms with E-state index in [0.29, 0.717) is 5.56 Å². The van der Waals surface area contributed by atoms with Crippen LogP contribution in [0.5, 0.6) is 5.75 Å². The standard InChI is InChI=1S/C19H20ClNO4/c1-2-3-4-5-6-14-7-9-15(10-8-14)19(22)25-16-11-12-17(20)18(13-16)21(23)24/h7-13H,2-6H2,1H3. The zero-order valence-corrected chi connectivity index (χ0v) is 14.8. The highest BCUT2D eigenvalue weighted by Gasteiger charge is 2.16. The van der Waals surface area contributed by atoms with Crippen LogP contribution in [-0.4, -0.2) is 10.9 Å². The summed E-state index contributed by atoms with van der Waals surface area (Å²) in [4.78, 5) is 22.4. The summed E-state index contributed by atoms with van der Waals surface area (Å²) < 4.78 is 5.20. The summed E-state index contributed by atoms with van der Waals surface area (Å²) in [5.41, 5.74) is 1.28. The van der Waals surface area contributed by atoms with Crippen molar-refractivity contribution in [3.63, 3.8) is 0 Å². The van der Waals surface area contributed by atoms with E-state index in [1.54, 1.807) is 12.1 Å². The van der Waals surface area contributed by atoms with Crippen LogP contribution in [0, 0.1) is 10.1 Å². The maximum Gasteiger partial charge on any atom is 0.343 e. The van der Waals surface area contributed by atoms with Crippen molar-refractivity contribution >= 4 is 23.3 Å². The Morgan fingerprint density at radius 2 is 1.84 bits per heavy atom. The smallest absolute Gasteiger partial charge is 0.343 e. The first kappa shape index (κ1) is 18.9. The molecule has 0 saturated heterocycles. The summed E-state index contributed by atoms with van der Waals surface area (Å²) in [6, 6.07) is 11.1. The van der Waals surface area contributed by atoms with Crippen molar-refractivity contribution in [2.75, 3.05) is 0 Å². The second-order valence-electron chi connectivity index (χ2n) is 5.77. The Balaban J connectivity index is 1.99. The number of nitrogens with zero attached hydrogens (tertiary/aromatic N) is 1. The van der Waals surface area contributed by atoms with Gasteiger partial charge in [0, 0.05) is 0 Å². The first-order valence-corrected chi connectivity index (χ1v) is 8.64. The van der Waals surface area contributed by atoms with Gasteiger partial charge in [0.2, 0.25) is 0 Å². The number of rotatable bonds is 8. The van der Waals surface area contributed by atoms with E-state index in [1.165, 1.54) is 37.0 Å². The number of nitro benzene ring substituents is 1. The molecule has 0 N–H and O–H groups in total. The van der Waals surface area contributed by atoms with Gasteiger partial charge in [-0.3, -0.25) is 10.1 Å². The molecule has 0 aliphatic carbocycles. The third kappa shape index (κ3) is 5.57. The molecule has 0 spiro atoms. The van der Waals surface area contributed by atoms with Crippen molar-refractivity contribution in [2.45, 2.75) is 39.0 Å². The molecule has 0 aliphatic rings. The highest BCUT2D eigenvalue weighted by molar-refractivity contribution is 6.32. The number of ether oxygens (including phenoxy) is 1. The Labute approximate surface area is 151 Å². The van der Waals surface area contributed by atoms with Gasteiger partial charge in [-0.1, -0.05) is 49.9 Å². The lowest BCUT2D eigenvalue weighted by atomic mass is 10.0. The summed E-state index contributed by atoms with van der Waals surface area (Å²) in [7, 11) is 0. The van der Waals surface area contributed by atoms with E-state index in [0.717, 1.165) is 18.9 Å². The van der Waals surface area contributed by atoms with E-state index >= 15 is 0 Å². The summed E-state index contributed by atoms with van der Waals surface area (Å²) in [6.45, 7) is 2.18. The topological polar surface area (TPSA) is 69.4 Å². The van der Waals surface area contributed by atoms with Crippen LogP contribution in [0.2, 0.25) is 5.02 Å². The number of benzene rings is 2. The number of aryl methyl sites for hydroxylation is 1. The van der Waals surface area contributed by atoms with Crippen LogP contribution >= 0.6 is 11.6 Å². The van der Waals surface area contributed by atoms with Crippen LogP contribution in [0.1, 0.15) is 48.5 Å². The molecule has 0 aromatic heterocycles. The van der Waals surface area contributed by atoms with Crippen molar-refractivity contribution in [2.24, 2.45) is 0 Å². The van der Waals surface area contributed by atoms with E-state index < -0.39 is 10.9 Å². The SMILES string of the molecule is CCCCCCc1ccc(C(=O)Oc2ccc(Cl)c([N+](=O)[O-])c2)cc1. The number of carbonyl (C=O) groups excluding carboxylic acids is 1. The molecule has 2 aromatic carbocycles. The van der Waals surface area contributed by atoms with Crippen LogP contribution in [0.15, 0.2) is 42.5 Å². The molecule has 0 aliphatic heterocycles. The molecule has 5 nitrogen and oxygen atoms in total. The normalized spacial score (nSPS) is 10.5. The van der Waals surface area contributed by atoms with Crippen molar-refractivity contribution < 1.29 is 14.5 Å².